The number of carbonyl (C=O) groups excluding carboxylic acids is 1. The molecule has 2 aliphatic heterocycles. The summed E-state index contributed by atoms with van der Waals surface area (Å²) in [5.74, 6) is 1.62. The summed E-state index contributed by atoms with van der Waals surface area (Å²) in [5, 5.41) is 14.3. The number of amides is 1. The number of carbonyl (C=O) groups is 1. The highest BCUT2D eigenvalue weighted by Gasteiger charge is 2.22. The van der Waals surface area contributed by atoms with Gasteiger partial charge in [0.05, 0.1) is 17.6 Å². The van der Waals surface area contributed by atoms with Crippen LogP contribution in [-0.4, -0.2) is 30.8 Å². The van der Waals surface area contributed by atoms with Gasteiger partial charge < -0.3 is 24.3 Å². The van der Waals surface area contributed by atoms with Crippen molar-refractivity contribution in [1.82, 2.24) is 5.32 Å². The Morgan fingerprint density at radius 3 is 2.66 bits per heavy atom. The Bertz CT molecular complexity index is 1060. The van der Waals surface area contributed by atoms with E-state index in [-0.39, 0.29) is 37.0 Å². The maximum absolute atomic E-state index is 12.7. The molecule has 1 unspecified atom stereocenters. The Hall–Kier alpha value is -3.59. The van der Waals surface area contributed by atoms with Gasteiger partial charge in [0.2, 0.25) is 5.91 Å². The van der Waals surface area contributed by atoms with E-state index in [0.717, 1.165) is 5.56 Å². The molecule has 0 saturated heterocycles. The highest BCUT2D eigenvalue weighted by Crippen LogP contribution is 2.35. The Kier molecular flexibility index (Phi) is 6.27. The lowest BCUT2D eigenvalue weighted by atomic mass is 9.95. The van der Waals surface area contributed by atoms with Gasteiger partial charge >= 0.3 is 0 Å². The molecule has 168 valence electrons. The lowest BCUT2D eigenvalue weighted by Crippen LogP contribution is -2.30. The summed E-state index contributed by atoms with van der Waals surface area (Å²) in [5.41, 5.74) is 1.84. The minimum Gasteiger partial charge on any atom is -0.486 e. The summed E-state index contributed by atoms with van der Waals surface area (Å²) in [4.78, 5) is 23.5. The first kappa shape index (κ1) is 21.6. The minimum atomic E-state index is -0.483. The summed E-state index contributed by atoms with van der Waals surface area (Å²) in [6.07, 6.45) is 2.87. The van der Waals surface area contributed by atoms with E-state index in [9.17, 15) is 14.9 Å². The zero-order valence-corrected chi connectivity index (χ0v) is 17.8. The first-order chi connectivity index (χ1) is 15.4. The van der Waals surface area contributed by atoms with Crippen LogP contribution in [0.5, 0.6) is 17.2 Å². The Morgan fingerprint density at radius 1 is 1.12 bits per heavy atom. The van der Waals surface area contributed by atoms with Crippen LogP contribution >= 0.6 is 0 Å². The largest absolute Gasteiger partial charge is 0.486 e. The van der Waals surface area contributed by atoms with Crippen molar-refractivity contribution in [2.24, 2.45) is 5.92 Å². The Labute approximate surface area is 185 Å². The van der Waals surface area contributed by atoms with E-state index < -0.39 is 4.92 Å². The third-order valence-corrected chi connectivity index (χ3v) is 5.24. The number of hydrogen-bond donors (Lipinski definition) is 1. The molecule has 1 atom stereocenters. The summed E-state index contributed by atoms with van der Waals surface area (Å²) < 4.78 is 21.9. The highest BCUT2D eigenvalue weighted by molar-refractivity contribution is 5.92. The fourth-order valence-corrected chi connectivity index (χ4v) is 3.72. The van der Waals surface area contributed by atoms with Gasteiger partial charge in [0, 0.05) is 29.3 Å². The normalized spacial score (nSPS) is 15.7. The van der Waals surface area contributed by atoms with Gasteiger partial charge in [-0.2, -0.15) is 0 Å². The molecule has 1 N–H and O–H groups in total. The fraction of sp³-hybridized carbons (Fsp3) is 0.348. The molecule has 2 aliphatic rings. The van der Waals surface area contributed by atoms with Gasteiger partial charge in [-0.3, -0.25) is 14.9 Å². The van der Waals surface area contributed by atoms with Crippen LogP contribution in [0.25, 0.3) is 6.08 Å². The summed E-state index contributed by atoms with van der Waals surface area (Å²) >= 11 is 0. The number of rotatable bonds is 6. The number of fused-ring (bicyclic) bond motifs is 2. The van der Waals surface area contributed by atoms with Gasteiger partial charge in [0.25, 0.3) is 5.69 Å². The molecule has 0 aromatic heterocycles. The van der Waals surface area contributed by atoms with Crippen molar-refractivity contribution in [3.05, 3.63) is 63.2 Å². The molecule has 0 fully saturated rings. The van der Waals surface area contributed by atoms with Crippen LogP contribution in [0.1, 0.15) is 36.6 Å². The third kappa shape index (κ3) is 4.67. The van der Waals surface area contributed by atoms with Crippen molar-refractivity contribution < 1.29 is 28.7 Å². The number of nitrogens with one attached hydrogen (secondary N) is 1. The van der Waals surface area contributed by atoms with Crippen LogP contribution in [0.15, 0.2) is 36.4 Å². The molecule has 2 aromatic rings. The van der Waals surface area contributed by atoms with Crippen LogP contribution in [0.2, 0.25) is 0 Å². The third-order valence-electron chi connectivity index (χ3n) is 5.24. The number of nitro benzene ring substituents is 1. The molecule has 9 nitrogen and oxygen atoms in total. The van der Waals surface area contributed by atoms with E-state index >= 15 is 0 Å². The zero-order chi connectivity index (χ0) is 22.7. The van der Waals surface area contributed by atoms with Crippen molar-refractivity contribution in [1.29, 1.82) is 0 Å². The molecule has 0 aliphatic carbocycles. The lowest BCUT2D eigenvalue weighted by molar-refractivity contribution is -0.385. The fourth-order valence-electron chi connectivity index (χ4n) is 3.72. The molecule has 0 bridgehead atoms. The smallest absolute Gasteiger partial charge is 0.270 e. The quantitative estimate of drug-likeness (QED) is 0.414. The van der Waals surface area contributed by atoms with E-state index in [1.165, 1.54) is 24.3 Å². The van der Waals surface area contributed by atoms with Gasteiger partial charge in [0.15, 0.2) is 18.3 Å². The maximum Gasteiger partial charge on any atom is 0.270 e. The van der Waals surface area contributed by atoms with Crippen LogP contribution in [0, 0.1) is 16.0 Å². The topological polar surface area (TPSA) is 109 Å². The minimum absolute atomic E-state index is 0.0530. The average molecular weight is 440 g/mol. The molecule has 4 rings (SSSR count). The SMILES string of the molecule is CC(C)C(NC(=O)/C=C/c1cc([N+](=O)[O-])cc2c1OCOC2)c1ccc2c(c1)OCCO2. The van der Waals surface area contributed by atoms with Gasteiger partial charge in [-0.05, 0) is 29.7 Å². The molecule has 0 spiro atoms. The standard InChI is InChI=1S/C23H24N2O7/c1-14(2)22(15-3-5-19-20(11-15)31-8-7-30-19)24-21(26)6-4-16-9-18(25(27)28)10-17-12-29-13-32-23(16)17/h3-6,9-11,14,22H,7-8,12-13H2,1-2H3,(H,24,26)/b6-4+. The van der Waals surface area contributed by atoms with Crippen LogP contribution < -0.4 is 19.5 Å². The van der Waals surface area contributed by atoms with Crippen molar-refractivity contribution in [3.8, 4) is 17.2 Å². The molecular formula is C23H24N2O7. The van der Waals surface area contributed by atoms with Gasteiger partial charge in [-0.15, -0.1) is 0 Å². The van der Waals surface area contributed by atoms with Gasteiger partial charge in [0.1, 0.15) is 19.0 Å². The molecule has 2 aromatic carbocycles. The number of hydrogen-bond acceptors (Lipinski definition) is 7. The van der Waals surface area contributed by atoms with Crippen molar-refractivity contribution in [3.63, 3.8) is 0 Å². The second-order valence-electron chi connectivity index (χ2n) is 7.86. The summed E-state index contributed by atoms with van der Waals surface area (Å²) in [6, 6.07) is 8.18. The zero-order valence-electron chi connectivity index (χ0n) is 17.8. The highest BCUT2D eigenvalue weighted by atomic mass is 16.7. The van der Waals surface area contributed by atoms with Crippen LogP contribution in [0.3, 0.4) is 0 Å². The Balaban J connectivity index is 1.54. The first-order valence-corrected chi connectivity index (χ1v) is 10.3. The van der Waals surface area contributed by atoms with E-state index in [1.54, 1.807) is 0 Å². The summed E-state index contributed by atoms with van der Waals surface area (Å²) in [7, 11) is 0. The predicted molar refractivity (Wildman–Crippen MR) is 116 cm³/mol. The second kappa shape index (κ2) is 9.27. The van der Waals surface area contributed by atoms with Crippen LogP contribution in [-0.2, 0) is 16.1 Å². The van der Waals surface area contributed by atoms with E-state index in [0.29, 0.717) is 41.6 Å². The molecule has 2 heterocycles. The second-order valence-corrected chi connectivity index (χ2v) is 7.86. The number of ether oxygens (including phenoxy) is 4. The first-order valence-electron chi connectivity index (χ1n) is 10.3. The van der Waals surface area contributed by atoms with Crippen LogP contribution in [0.4, 0.5) is 5.69 Å². The molecule has 0 radical (unpaired) electrons. The molecule has 32 heavy (non-hydrogen) atoms. The van der Waals surface area contributed by atoms with Gasteiger partial charge in [-0.1, -0.05) is 19.9 Å². The number of nitrogens with zero attached hydrogens (tertiary/aromatic N) is 1. The van der Waals surface area contributed by atoms with E-state index in [1.807, 2.05) is 32.0 Å². The van der Waals surface area contributed by atoms with Crippen molar-refractivity contribution >= 4 is 17.7 Å². The molecular weight excluding hydrogens is 416 g/mol. The maximum atomic E-state index is 12.7. The number of non-ortho nitro benzene ring substituents is 1. The summed E-state index contributed by atoms with van der Waals surface area (Å²) in [6.45, 7) is 5.28. The molecule has 9 heteroatoms. The Morgan fingerprint density at radius 2 is 1.91 bits per heavy atom. The average Bonchev–Trinajstić information content (AvgIpc) is 2.80. The number of benzene rings is 2. The predicted octanol–water partition coefficient (Wildman–Crippen LogP) is 3.76. The van der Waals surface area contributed by atoms with Crippen molar-refractivity contribution in [2.75, 3.05) is 20.0 Å². The van der Waals surface area contributed by atoms with E-state index in [4.69, 9.17) is 18.9 Å². The van der Waals surface area contributed by atoms with Gasteiger partial charge in [-0.25, -0.2) is 0 Å². The molecule has 1 amide bonds. The van der Waals surface area contributed by atoms with E-state index in [2.05, 4.69) is 5.32 Å². The number of nitro groups is 1. The van der Waals surface area contributed by atoms with Crippen molar-refractivity contribution in [2.45, 2.75) is 26.5 Å². The monoisotopic (exact) mass is 440 g/mol. The lowest BCUT2D eigenvalue weighted by Gasteiger charge is -2.25. The molecule has 0 saturated carbocycles.